The van der Waals surface area contributed by atoms with Gasteiger partial charge >= 0.3 is 5.97 Å². The Bertz CT molecular complexity index is 1180. The number of aromatic nitrogens is 3. The molecule has 1 atom stereocenters. The van der Waals surface area contributed by atoms with Gasteiger partial charge in [0.2, 0.25) is 0 Å². The van der Waals surface area contributed by atoms with Crippen molar-refractivity contribution in [2.24, 2.45) is 0 Å². The number of hydrogen-bond donors (Lipinski definition) is 1. The van der Waals surface area contributed by atoms with E-state index in [0.717, 1.165) is 17.7 Å². The quantitative estimate of drug-likeness (QED) is 0.298. The maximum atomic E-state index is 14.6. The topological polar surface area (TPSA) is 80.5 Å². The van der Waals surface area contributed by atoms with Crippen molar-refractivity contribution in [1.82, 2.24) is 19.7 Å². The first kappa shape index (κ1) is 24.6. The Morgan fingerprint density at radius 3 is 2.46 bits per heavy atom. The minimum atomic E-state index is -1.62. The maximum absolute atomic E-state index is 14.6. The molecule has 7 nitrogen and oxygen atoms in total. The lowest BCUT2D eigenvalue weighted by Crippen LogP contribution is -2.39. The van der Waals surface area contributed by atoms with Crippen molar-refractivity contribution in [3.63, 3.8) is 0 Å². The number of esters is 1. The number of aliphatic hydroxyl groups is 1. The third-order valence-electron chi connectivity index (χ3n) is 6.02. The van der Waals surface area contributed by atoms with Gasteiger partial charge in [-0.3, -0.25) is 0 Å². The molecule has 2 heterocycles. The number of carbonyl (C=O) groups is 1. The SMILES string of the molecule is O=C(C=C1CCN(CCC(O)(Cn2cncn2)c2ccc(F)cc2F)CC1)Oc1ccc(F)cc1. The first-order chi connectivity index (χ1) is 16.8. The summed E-state index contributed by atoms with van der Waals surface area (Å²) in [5.41, 5.74) is -0.702. The highest BCUT2D eigenvalue weighted by Gasteiger charge is 2.34. The summed E-state index contributed by atoms with van der Waals surface area (Å²) in [7, 11) is 0. The molecule has 4 rings (SSSR count). The van der Waals surface area contributed by atoms with Crippen LogP contribution in [0.1, 0.15) is 24.8 Å². The number of benzene rings is 2. The zero-order valence-electron chi connectivity index (χ0n) is 18.9. The molecule has 1 saturated heterocycles. The van der Waals surface area contributed by atoms with Gasteiger partial charge in [-0.1, -0.05) is 11.6 Å². The first-order valence-corrected chi connectivity index (χ1v) is 11.2. The summed E-state index contributed by atoms with van der Waals surface area (Å²) in [5.74, 6) is -2.20. The lowest BCUT2D eigenvalue weighted by Gasteiger charge is -2.34. The monoisotopic (exact) mass is 486 g/mol. The van der Waals surface area contributed by atoms with Crippen LogP contribution in [0.2, 0.25) is 0 Å². The van der Waals surface area contributed by atoms with E-state index in [1.54, 1.807) is 0 Å². The van der Waals surface area contributed by atoms with E-state index in [1.165, 1.54) is 53.7 Å². The molecule has 1 aliphatic rings. The number of hydrogen-bond acceptors (Lipinski definition) is 6. The van der Waals surface area contributed by atoms with Gasteiger partial charge < -0.3 is 14.7 Å². The van der Waals surface area contributed by atoms with Crippen LogP contribution in [-0.4, -0.2) is 50.4 Å². The molecule has 35 heavy (non-hydrogen) atoms. The van der Waals surface area contributed by atoms with Gasteiger partial charge in [0.05, 0.1) is 6.54 Å². The maximum Gasteiger partial charge on any atom is 0.336 e. The zero-order chi connectivity index (χ0) is 24.8. The molecule has 0 bridgehead atoms. The smallest absolute Gasteiger partial charge is 0.336 e. The Morgan fingerprint density at radius 2 is 1.80 bits per heavy atom. The van der Waals surface area contributed by atoms with E-state index in [-0.39, 0.29) is 24.3 Å². The number of halogens is 3. The number of likely N-dealkylation sites (tertiary alicyclic amines) is 1. The van der Waals surface area contributed by atoms with Crippen molar-refractivity contribution in [3.8, 4) is 5.75 Å². The van der Waals surface area contributed by atoms with E-state index in [1.807, 2.05) is 0 Å². The summed E-state index contributed by atoms with van der Waals surface area (Å²) in [6, 6.07) is 8.34. The van der Waals surface area contributed by atoms with Crippen LogP contribution in [-0.2, 0) is 16.9 Å². The second-order valence-electron chi connectivity index (χ2n) is 8.52. The van der Waals surface area contributed by atoms with Gasteiger partial charge in [-0.15, -0.1) is 0 Å². The molecule has 0 aliphatic carbocycles. The molecule has 1 fully saturated rings. The van der Waals surface area contributed by atoms with Gasteiger partial charge in [0.25, 0.3) is 0 Å². The van der Waals surface area contributed by atoms with Crippen molar-refractivity contribution in [3.05, 3.63) is 89.8 Å². The van der Waals surface area contributed by atoms with Crippen LogP contribution in [0.15, 0.2) is 66.8 Å². The van der Waals surface area contributed by atoms with E-state index in [9.17, 15) is 23.1 Å². The molecule has 0 saturated carbocycles. The van der Waals surface area contributed by atoms with Gasteiger partial charge in [-0.2, -0.15) is 5.10 Å². The largest absolute Gasteiger partial charge is 0.423 e. The van der Waals surface area contributed by atoms with Gasteiger partial charge in [0.15, 0.2) is 0 Å². The van der Waals surface area contributed by atoms with E-state index in [2.05, 4.69) is 15.0 Å². The molecule has 184 valence electrons. The van der Waals surface area contributed by atoms with Crippen LogP contribution in [0, 0.1) is 17.5 Å². The van der Waals surface area contributed by atoms with Crippen molar-refractivity contribution in [2.45, 2.75) is 31.4 Å². The molecule has 1 aromatic heterocycles. The highest BCUT2D eigenvalue weighted by Crippen LogP contribution is 2.31. The molecule has 10 heteroatoms. The van der Waals surface area contributed by atoms with Crippen LogP contribution < -0.4 is 4.74 Å². The minimum Gasteiger partial charge on any atom is -0.423 e. The van der Waals surface area contributed by atoms with Gasteiger partial charge in [0, 0.05) is 37.3 Å². The third-order valence-corrected chi connectivity index (χ3v) is 6.02. The molecule has 3 aromatic rings. The molecule has 2 aromatic carbocycles. The summed E-state index contributed by atoms with van der Waals surface area (Å²) in [4.78, 5) is 18.1. The number of nitrogens with zero attached hydrogens (tertiary/aromatic N) is 4. The summed E-state index contributed by atoms with van der Waals surface area (Å²) in [6.45, 7) is 1.70. The molecule has 0 amide bonds. The Labute approximate surface area is 200 Å². The molecule has 1 aliphatic heterocycles. The summed E-state index contributed by atoms with van der Waals surface area (Å²) in [6.07, 6.45) is 5.64. The Hall–Kier alpha value is -3.50. The fourth-order valence-corrected chi connectivity index (χ4v) is 4.11. The predicted molar refractivity (Wildman–Crippen MR) is 121 cm³/mol. The van der Waals surface area contributed by atoms with Crippen LogP contribution in [0.4, 0.5) is 13.2 Å². The van der Waals surface area contributed by atoms with Crippen molar-refractivity contribution in [1.29, 1.82) is 0 Å². The van der Waals surface area contributed by atoms with Crippen molar-refractivity contribution >= 4 is 5.97 Å². The minimum absolute atomic E-state index is 0.00414. The third kappa shape index (κ3) is 6.55. The van der Waals surface area contributed by atoms with Crippen LogP contribution in [0.3, 0.4) is 0 Å². The van der Waals surface area contributed by atoms with E-state index < -0.39 is 29.0 Å². The van der Waals surface area contributed by atoms with E-state index >= 15 is 0 Å². The van der Waals surface area contributed by atoms with Crippen LogP contribution in [0.5, 0.6) is 5.75 Å². The molecular formula is C25H25F3N4O3. The lowest BCUT2D eigenvalue weighted by molar-refractivity contribution is -0.129. The predicted octanol–water partition coefficient (Wildman–Crippen LogP) is 3.60. The van der Waals surface area contributed by atoms with E-state index in [0.29, 0.717) is 32.5 Å². The number of ether oxygens (including phenoxy) is 1. The zero-order valence-corrected chi connectivity index (χ0v) is 18.9. The van der Waals surface area contributed by atoms with Crippen molar-refractivity contribution in [2.75, 3.05) is 19.6 Å². The molecule has 0 spiro atoms. The summed E-state index contributed by atoms with van der Waals surface area (Å²) in [5, 5.41) is 15.4. The van der Waals surface area contributed by atoms with Gasteiger partial charge in [-0.25, -0.2) is 27.6 Å². The van der Waals surface area contributed by atoms with Crippen LogP contribution in [0.25, 0.3) is 0 Å². The molecular weight excluding hydrogens is 461 g/mol. The highest BCUT2D eigenvalue weighted by molar-refractivity contribution is 5.84. The fourth-order valence-electron chi connectivity index (χ4n) is 4.11. The number of rotatable bonds is 8. The van der Waals surface area contributed by atoms with E-state index in [4.69, 9.17) is 4.74 Å². The van der Waals surface area contributed by atoms with Gasteiger partial charge in [-0.05, 0) is 49.6 Å². The van der Waals surface area contributed by atoms with Crippen molar-refractivity contribution < 1.29 is 27.8 Å². The van der Waals surface area contributed by atoms with Crippen LogP contribution >= 0.6 is 0 Å². The normalized spacial score (nSPS) is 16.1. The Kier molecular flexibility index (Phi) is 7.62. The first-order valence-electron chi connectivity index (χ1n) is 11.2. The summed E-state index contributed by atoms with van der Waals surface area (Å²) >= 11 is 0. The lowest BCUT2D eigenvalue weighted by atomic mass is 9.89. The average molecular weight is 486 g/mol. The Balaban J connectivity index is 1.35. The molecule has 0 radical (unpaired) electrons. The standard InChI is InChI=1S/C25H25F3N4O3/c26-19-1-4-21(5-2-19)35-24(33)13-18-7-10-31(11-8-18)12-9-25(34,15-32-17-29-16-30-32)22-6-3-20(27)14-23(22)28/h1-6,13-14,16-17,34H,7-12,15H2. The Morgan fingerprint density at radius 1 is 1.09 bits per heavy atom. The second-order valence-corrected chi connectivity index (χ2v) is 8.52. The molecule has 1 unspecified atom stereocenters. The average Bonchev–Trinajstić information content (AvgIpc) is 3.33. The highest BCUT2D eigenvalue weighted by atomic mass is 19.1. The number of carbonyl (C=O) groups excluding carboxylic acids is 1. The second kappa shape index (κ2) is 10.8. The number of piperidine rings is 1. The van der Waals surface area contributed by atoms with Gasteiger partial charge in [0.1, 0.15) is 41.5 Å². The summed E-state index contributed by atoms with van der Waals surface area (Å²) < 4.78 is 47.6. The molecule has 1 N–H and O–H groups in total. The fraction of sp³-hybridized carbons (Fsp3) is 0.320.